The first-order valence-electron chi connectivity index (χ1n) is 6.55. The normalized spacial score (nSPS) is 16.1. The summed E-state index contributed by atoms with van der Waals surface area (Å²) in [4.78, 5) is 15.6. The predicted molar refractivity (Wildman–Crippen MR) is 75.1 cm³/mol. The summed E-state index contributed by atoms with van der Waals surface area (Å²) in [6, 6.07) is 4.53. The number of ether oxygens (including phenoxy) is 1. The molecule has 0 radical (unpaired) electrons. The van der Waals surface area contributed by atoms with Crippen LogP contribution in [0.2, 0.25) is 5.02 Å². The Morgan fingerprint density at radius 3 is 2.80 bits per heavy atom. The zero-order valence-electron chi connectivity index (χ0n) is 11.4. The summed E-state index contributed by atoms with van der Waals surface area (Å²) in [5.74, 6) is -0.435. The minimum absolute atomic E-state index is 0.0498. The van der Waals surface area contributed by atoms with Gasteiger partial charge in [-0.2, -0.15) is 0 Å². The lowest BCUT2D eigenvalue weighted by Gasteiger charge is -2.28. The molecule has 0 N–H and O–H groups in total. The molecule has 0 saturated carbocycles. The van der Waals surface area contributed by atoms with Crippen LogP contribution in [0.15, 0.2) is 18.2 Å². The molecule has 1 amide bonds. The van der Waals surface area contributed by atoms with Crippen LogP contribution < -0.4 is 0 Å². The molecule has 1 aliphatic rings. The van der Waals surface area contributed by atoms with Gasteiger partial charge in [0.25, 0.3) is 0 Å². The summed E-state index contributed by atoms with van der Waals surface area (Å²) in [6.45, 7) is 3.30. The van der Waals surface area contributed by atoms with Gasteiger partial charge in [0.1, 0.15) is 5.82 Å². The Bertz CT molecular complexity index is 458. The molecule has 1 saturated heterocycles. The maximum atomic E-state index is 13.7. The fourth-order valence-electron chi connectivity index (χ4n) is 2.08. The van der Waals surface area contributed by atoms with Gasteiger partial charge in [-0.25, -0.2) is 4.39 Å². The molecule has 20 heavy (non-hydrogen) atoms. The Morgan fingerprint density at radius 1 is 1.45 bits per heavy atom. The fourth-order valence-corrected chi connectivity index (χ4v) is 2.30. The number of halogens is 2. The van der Waals surface area contributed by atoms with Gasteiger partial charge in [0.05, 0.1) is 19.8 Å². The van der Waals surface area contributed by atoms with Crippen LogP contribution in [0.3, 0.4) is 0 Å². The van der Waals surface area contributed by atoms with E-state index >= 15 is 0 Å². The molecule has 1 fully saturated rings. The van der Waals surface area contributed by atoms with Gasteiger partial charge in [-0.15, -0.1) is 0 Å². The third kappa shape index (κ3) is 3.91. The average molecular weight is 301 g/mol. The Balaban J connectivity index is 1.93. The number of likely N-dealkylation sites (N-methyl/N-ethyl adjacent to an activating group) is 1. The zero-order chi connectivity index (χ0) is 14.5. The van der Waals surface area contributed by atoms with E-state index in [1.165, 1.54) is 11.0 Å². The number of nitrogens with zero attached hydrogens (tertiary/aromatic N) is 2. The predicted octanol–water partition coefficient (Wildman–Crippen LogP) is 1.77. The smallest absolute Gasteiger partial charge is 0.236 e. The second-order valence-corrected chi connectivity index (χ2v) is 5.25. The molecule has 0 unspecified atom stereocenters. The van der Waals surface area contributed by atoms with Crippen molar-refractivity contribution in [3.8, 4) is 0 Å². The Morgan fingerprint density at radius 2 is 2.15 bits per heavy atom. The first-order chi connectivity index (χ1) is 9.58. The molecule has 2 rings (SSSR count). The summed E-state index contributed by atoms with van der Waals surface area (Å²) in [6.07, 6.45) is 0. The zero-order valence-corrected chi connectivity index (χ0v) is 12.2. The molecular formula is C14H18ClFN2O2. The minimum atomic E-state index is -0.386. The van der Waals surface area contributed by atoms with Gasteiger partial charge in [-0.05, 0) is 12.1 Å². The number of carbonyl (C=O) groups excluding carboxylic acids is 1. The largest absolute Gasteiger partial charge is 0.379 e. The highest BCUT2D eigenvalue weighted by Crippen LogP contribution is 2.20. The van der Waals surface area contributed by atoms with Crippen molar-refractivity contribution in [3.63, 3.8) is 0 Å². The molecular weight excluding hydrogens is 283 g/mol. The molecule has 1 aromatic carbocycles. The first kappa shape index (κ1) is 15.2. The fraction of sp³-hybridized carbons (Fsp3) is 0.500. The van der Waals surface area contributed by atoms with Gasteiger partial charge in [-0.1, -0.05) is 17.7 Å². The maximum absolute atomic E-state index is 13.7. The Kier molecular flexibility index (Phi) is 5.34. The topological polar surface area (TPSA) is 32.8 Å². The van der Waals surface area contributed by atoms with Crippen LogP contribution in [0.25, 0.3) is 0 Å². The maximum Gasteiger partial charge on any atom is 0.236 e. The summed E-state index contributed by atoms with van der Waals surface area (Å²) in [7, 11) is 1.66. The number of rotatable bonds is 4. The molecule has 0 bridgehead atoms. The second-order valence-electron chi connectivity index (χ2n) is 4.84. The average Bonchev–Trinajstić information content (AvgIpc) is 2.44. The minimum Gasteiger partial charge on any atom is -0.379 e. The van der Waals surface area contributed by atoms with Crippen molar-refractivity contribution in [2.45, 2.75) is 6.54 Å². The lowest BCUT2D eigenvalue weighted by Crippen LogP contribution is -2.43. The van der Waals surface area contributed by atoms with E-state index in [1.54, 1.807) is 19.2 Å². The monoisotopic (exact) mass is 300 g/mol. The molecule has 0 aromatic heterocycles. The molecule has 1 aliphatic heterocycles. The van der Waals surface area contributed by atoms with Gasteiger partial charge in [0.15, 0.2) is 0 Å². The van der Waals surface area contributed by atoms with E-state index in [0.29, 0.717) is 30.3 Å². The molecule has 0 atom stereocenters. The van der Waals surface area contributed by atoms with Gasteiger partial charge < -0.3 is 9.64 Å². The van der Waals surface area contributed by atoms with E-state index in [4.69, 9.17) is 16.3 Å². The number of morpholine rings is 1. The first-order valence-corrected chi connectivity index (χ1v) is 6.92. The van der Waals surface area contributed by atoms with E-state index < -0.39 is 0 Å². The lowest BCUT2D eigenvalue weighted by molar-refractivity contribution is -0.132. The molecule has 1 aromatic rings. The van der Waals surface area contributed by atoms with Crippen molar-refractivity contribution in [1.82, 2.24) is 9.80 Å². The third-order valence-electron chi connectivity index (χ3n) is 3.35. The van der Waals surface area contributed by atoms with Crippen LogP contribution in [-0.4, -0.2) is 55.6 Å². The summed E-state index contributed by atoms with van der Waals surface area (Å²) < 4.78 is 18.9. The quantitative estimate of drug-likeness (QED) is 0.849. The summed E-state index contributed by atoms with van der Waals surface area (Å²) >= 11 is 5.97. The van der Waals surface area contributed by atoms with Crippen LogP contribution >= 0.6 is 11.6 Å². The van der Waals surface area contributed by atoms with Crippen LogP contribution in [0.4, 0.5) is 4.39 Å². The molecule has 110 valence electrons. The highest BCUT2D eigenvalue weighted by atomic mass is 35.5. The summed E-state index contributed by atoms with van der Waals surface area (Å²) in [5, 5.41) is 0.344. The standard InChI is InChI=1S/C14H18ClFN2O2/c1-17(9-11-12(15)3-2-4-13(11)16)14(19)10-18-5-7-20-8-6-18/h2-4H,5-10H2,1H3. The van der Waals surface area contributed by atoms with E-state index in [9.17, 15) is 9.18 Å². The second kappa shape index (κ2) is 7.02. The van der Waals surface area contributed by atoms with Crippen molar-refractivity contribution >= 4 is 17.5 Å². The van der Waals surface area contributed by atoms with Crippen molar-refractivity contribution < 1.29 is 13.9 Å². The van der Waals surface area contributed by atoms with Crippen molar-refractivity contribution in [3.05, 3.63) is 34.6 Å². The number of hydrogen-bond donors (Lipinski definition) is 0. The van der Waals surface area contributed by atoms with E-state index in [2.05, 4.69) is 0 Å². The van der Waals surface area contributed by atoms with Crippen LogP contribution in [0.1, 0.15) is 5.56 Å². The number of amides is 1. The highest BCUT2D eigenvalue weighted by molar-refractivity contribution is 6.31. The van der Waals surface area contributed by atoms with Gasteiger partial charge in [0, 0.05) is 37.3 Å². The highest BCUT2D eigenvalue weighted by Gasteiger charge is 2.18. The van der Waals surface area contributed by atoms with E-state index in [0.717, 1.165) is 13.1 Å². The number of benzene rings is 1. The Labute approximate surface area is 123 Å². The SMILES string of the molecule is CN(Cc1c(F)cccc1Cl)C(=O)CN1CCOCC1. The van der Waals surface area contributed by atoms with Crippen LogP contribution in [0.5, 0.6) is 0 Å². The van der Waals surface area contributed by atoms with Crippen LogP contribution in [0, 0.1) is 5.82 Å². The molecule has 0 aliphatic carbocycles. The van der Waals surface area contributed by atoms with Crippen LogP contribution in [-0.2, 0) is 16.1 Å². The number of carbonyl (C=O) groups is 1. The molecule has 6 heteroatoms. The lowest BCUT2D eigenvalue weighted by atomic mass is 10.2. The van der Waals surface area contributed by atoms with Gasteiger partial charge in [0.2, 0.25) is 5.91 Å². The van der Waals surface area contributed by atoms with Gasteiger partial charge >= 0.3 is 0 Å². The van der Waals surface area contributed by atoms with Gasteiger partial charge in [-0.3, -0.25) is 9.69 Å². The van der Waals surface area contributed by atoms with E-state index in [1.807, 2.05) is 4.90 Å². The Hall–Kier alpha value is -1.17. The van der Waals surface area contributed by atoms with Crippen molar-refractivity contribution in [2.24, 2.45) is 0 Å². The molecule has 0 spiro atoms. The van der Waals surface area contributed by atoms with Crippen molar-refractivity contribution in [2.75, 3.05) is 39.9 Å². The van der Waals surface area contributed by atoms with Crippen molar-refractivity contribution in [1.29, 1.82) is 0 Å². The third-order valence-corrected chi connectivity index (χ3v) is 3.70. The molecule has 1 heterocycles. The summed E-state index contributed by atoms with van der Waals surface area (Å²) in [5.41, 5.74) is 0.354. The number of hydrogen-bond acceptors (Lipinski definition) is 3. The van der Waals surface area contributed by atoms with E-state index in [-0.39, 0.29) is 18.3 Å². The molecule has 4 nitrogen and oxygen atoms in total.